The zero-order valence-corrected chi connectivity index (χ0v) is 12.5. The Morgan fingerprint density at radius 1 is 1.19 bits per heavy atom. The van der Waals surface area contributed by atoms with E-state index in [9.17, 15) is 9.18 Å². The van der Waals surface area contributed by atoms with Crippen molar-refractivity contribution in [3.63, 3.8) is 0 Å². The Morgan fingerprint density at radius 3 is 2.62 bits per heavy atom. The van der Waals surface area contributed by atoms with Crippen molar-refractivity contribution < 1.29 is 9.18 Å². The van der Waals surface area contributed by atoms with Crippen molar-refractivity contribution in [2.45, 2.75) is 19.9 Å². The third-order valence-electron chi connectivity index (χ3n) is 2.98. The van der Waals surface area contributed by atoms with Crippen molar-refractivity contribution in [2.24, 2.45) is 0 Å². The van der Waals surface area contributed by atoms with E-state index in [1.54, 1.807) is 6.92 Å². The first-order valence-electron chi connectivity index (χ1n) is 6.55. The Morgan fingerprint density at radius 2 is 1.95 bits per heavy atom. The zero-order valence-electron chi connectivity index (χ0n) is 11.8. The van der Waals surface area contributed by atoms with Gasteiger partial charge in [0.25, 0.3) is 0 Å². The fourth-order valence-corrected chi connectivity index (χ4v) is 2.06. The molecule has 2 aromatic rings. The summed E-state index contributed by atoms with van der Waals surface area (Å²) in [6, 6.07) is 11.3. The third-order valence-corrected chi connectivity index (χ3v) is 3.27. The molecule has 0 saturated heterocycles. The van der Waals surface area contributed by atoms with Crippen LogP contribution in [0.15, 0.2) is 42.5 Å². The number of aryl methyl sites for hydroxylation is 1. The minimum absolute atomic E-state index is 0.0197. The van der Waals surface area contributed by atoms with Gasteiger partial charge in [-0.05, 0) is 49.7 Å². The van der Waals surface area contributed by atoms with Crippen LogP contribution < -0.4 is 10.6 Å². The molecule has 0 aliphatic carbocycles. The molecule has 2 N–H and O–H groups in total. The first kappa shape index (κ1) is 15.3. The molecule has 0 spiro atoms. The van der Waals surface area contributed by atoms with Gasteiger partial charge in [-0.15, -0.1) is 0 Å². The fourth-order valence-electron chi connectivity index (χ4n) is 1.87. The summed E-state index contributed by atoms with van der Waals surface area (Å²) in [6.45, 7) is 3.68. The molecule has 1 amide bonds. The normalized spacial score (nSPS) is 11.8. The lowest BCUT2D eigenvalue weighted by molar-refractivity contribution is -0.116. The smallest absolute Gasteiger partial charge is 0.246 e. The van der Waals surface area contributed by atoms with Gasteiger partial charge in [0.15, 0.2) is 0 Å². The highest BCUT2D eigenvalue weighted by Gasteiger charge is 2.13. The molecule has 0 unspecified atom stereocenters. The molecule has 5 heteroatoms. The minimum Gasteiger partial charge on any atom is -0.374 e. The summed E-state index contributed by atoms with van der Waals surface area (Å²) < 4.78 is 13.1. The summed E-state index contributed by atoms with van der Waals surface area (Å²) in [5, 5.41) is 5.82. The van der Waals surface area contributed by atoms with Gasteiger partial charge in [-0.1, -0.05) is 23.7 Å². The minimum atomic E-state index is -0.487. The number of amides is 1. The second kappa shape index (κ2) is 6.59. The number of benzene rings is 2. The number of halogens is 2. The lowest BCUT2D eigenvalue weighted by Crippen LogP contribution is -2.31. The molecular formula is C16H16ClFN2O. The van der Waals surface area contributed by atoms with Crippen LogP contribution in [0.1, 0.15) is 12.5 Å². The molecule has 0 aliphatic heterocycles. The predicted molar refractivity (Wildman–Crippen MR) is 84.3 cm³/mol. The molecule has 3 nitrogen and oxygen atoms in total. The van der Waals surface area contributed by atoms with Gasteiger partial charge >= 0.3 is 0 Å². The summed E-state index contributed by atoms with van der Waals surface area (Å²) in [4.78, 5) is 12.1. The van der Waals surface area contributed by atoms with Crippen LogP contribution in [0.25, 0.3) is 0 Å². The number of hydrogen-bond acceptors (Lipinski definition) is 2. The van der Waals surface area contributed by atoms with Crippen molar-refractivity contribution in [2.75, 3.05) is 10.6 Å². The van der Waals surface area contributed by atoms with Gasteiger partial charge in [0.1, 0.15) is 11.9 Å². The van der Waals surface area contributed by atoms with E-state index in [4.69, 9.17) is 11.6 Å². The zero-order chi connectivity index (χ0) is 15.4. The summed E-state index contributed by atoms with van der Waals surface area (Å²) in [6.07, 6.45) is 0. The molecule has 2 rings (SSSR count). The summed E-state index contributed by atoms with van der Waals surface area (Å²) in [5.74, 6) is -0.667. The third kappa shape index (κ3) is 4.20. The van der Waals surface area contributed by atoms with E-state index in [1.807, 2.05) is 31.2 Å². The van der Waals surface area contributed by atoms with Gasteiger partial charge < -0.3 is 10.6 Å². The number of nitrogens with one attached hydrogen (secondary N) is 2. The second-order valence-corrected chi connectivity index (χ2v) is 5.26. The molecule has 0 aromatic heterocycles. The van der Waals surface area contributed by atoms with Crippen molar-refractivity contribution in [1.82, 2.24) is 0 Å². The van der Waals surface area contributed by atoms with Gasteiger partial charge in [0.05, 0.1) is 5.02 Å². The van der Waals surface area contributed by atoms with Crippen molar-refractivity contribution in [3.8, 4) is 0 Å². The van der Waals surface area contributed by atoms with E-state index in [0.29, 0.717) is 5.69 Å². The predicted octanol–water partition coefficient (Wildman–Crippen LogP) is 4.23. The topological polar surface area (TPSA) is 41.1 Å². The van der Waals surface area contributed by atoms with Crippen LogP contribution in [0.5, 0.6) is 0 Å². The maximum absolute atomic E-state index is 13.1. The highest BCUT2D eigenvalue weighted by molar-refractivity contribution is 6.31. The van der Waals surface area contributed by atoms with Crippen molar-refractivity contribution in [3.05, 3.63) is 58.9 Å². The SMILES string of the molecule is Cc1cccc(NC(=O)[C@H](C)Nc2ccc(F)c(Cl)c2)c1. The Balaban J connectivity index is 2.00. The Kier molecular flexibility index (Phi) is 4.81. The number of hydrogen-bond donors (Lipinski definition) is 2. The maximum Gasteiger partial charge on any atom is 0.246 e. The van der Waals surface area contributed by atoms with Crippen LogP contribution >= 0.6 is 11.6 Å². The van der Waals surface area contributed by atoms with E-state index in [-0.39, 0.29) is 10.9 Å². The van der Waals surface area contributed by atoms with Crippen LogP contribution in [-0.2, 0) is 4.79 Å². The highest BCUT2D eigenvalue weighted by Crippen LogP contribution is 2.20. The van der Waals surface area contributed by atoms with Crippen molar-refractivity contribution in [1.29, 1.82) is 0 Å². The average molecular weight is 307 g/mol. The van der Waals surface area contributed by atoms with Gasteiger partial charge in [0.2, 0.25) is 5.91 Å². The first-order valence-corrected chi connectivity index (χ1v) is 6.92. The molecule has 0 heterocycles. The molecular weight excluding hydrogens is 291 g/mol. The molecule has 2 aromatic carbocycles. The first-order chi connectivity index (χ1) is 9.95. The molecule has 0 saturated carbocycles. The summed E-state index contributed by atoms with van der Waals surface area (Å²) in [7, 11) is 0. The standard InChI is InChI=1S/C16H16ClFN2O/c1-10-4-3-5-12(8-10)20-16(21)11(2)19-13-6-7-15(18)14(17)9-13/h3-9,11,19H,1-2H3,(H,20,21)/t11-/m0/s1. The monoisotopic (exact) mass is 306 g/mol. The van der Waals surface area contributed by atoms with Gasteiger partial charge in [0, 0.05) is 11.4 Å². The second-order valence-electron chi connectivity index (χ2n) is 4.85. The fraction of sp³-hybridized carbons (Fsp3) is 0.188. The van der Waals surface area contributed by atoms with Gasteiger partial charge in [-0.2, -0.15) is 0 Å². The Labute approximate surface area is 128 Å². The van der Waals surface area contributed by atoms with Crippen LogP contribution in [0.3, 0.4) is 0 Å². The van der Waals surface area contributed by atoms with Crippen LogP contribution in [0.4, 0.5) is 15.8 Å². The Hall–Kier alpha value is -2.07. The van der Waals surface area contributed by atoms with Gasteiger partial charge in [-0.3, -0.25) is 4.79 Å². The number of carbonyl (C=O) groups excluding carboxylic acids is 1. The van der Waals surface area contributed by atoms with Crippen molar-refractivity contribution >= 4 is 28.9 Å². The average Bonchev–Trinajstić information content (AvgIpc) is 2.43. The van der Waals surface area contributed by atoms with E-state index in [0.717, 1.165) is 11.3 Å². The molecule has 0 fully saturated rings. The maximum atomic E-state index is 13.1. The molecule has 110 valence electrons. The number of anilines is 2. The van der Waals surface area contributed by atoms with Crippen LogP contribution in [0.2, 0.25) is 5.02 Å². The Bertz CT molecular complexity index is 660. The lowest BCUT2D eigenvalue weighted by Gasteiger charge is -2.15. The number of rotatable bonds is 4. The van der Waals surface area contributed by atoms with Crippen LogP contribution in [0, 0.1) is 12.7 Å². The molecule has 1 atom stereocenters. The molecule has 0 aliphatic rings. The van der Waals surface area contributed by atoms with E-state index in [1.165, 1.54) is 18.2 Å². The van der Waals surface area contributed by atoms with Crippen LogP contribution in [-0.4, -0.2) is 11.9 Å². The summed E-state index contributed by atoms with van der Waals surface area (Å²) >= 11 is 5.71. The summed E-state index contributed by atoms with van der Waals surface area (Å²) in [5.41, 5.74) is 2.40. The number of carbonyl (C=O) groups is 1. The molecule has 21 heavy (non-hydrogen) atoms. The molecule has 0 radical (unpaired) electrons. The quantitative estimate of drug-likeness (QED) is 0.887. The molecule has 0 bridgehead atoms. The highest BCUT2D eigenvalue weighted by atomic mass is 35.5. The largest absolute Gasteiger partial charge is 0.374 e. The van der Waals surface area contributed by atoms with E-state index < -0.39 is 11.9 Å². The lowest BCUT2D eigenvalue weighted by atomic mass is 10.2. The van der Waals surface area contributed by atoms with Gasteiger partial charge in [-0.25, -0.2) is 4.39 Å². The van der Waals surface area contributed by atoms with E-state index >= 15 is 0 Å². The van der Waals surface area contributed by atoms with E-state index in [2.05, 4.69) is 10.6 Å².